The number of nitrogens with one attached hydrogen (secondary N) is 1. The normalized spacial score (nSPS) is 18.5. The van der Waals surface area contributed by atoms with Crippen molar-refractivity contribution in [2.75, 3.05) is 0 Å². The van der Waals surface area contributed by atoms with Gasteiger partial charge in [0.25, 0.3) is 0 Å². The Morgan fingerprint density at radius 3 is 2.85 bits per heavy atom. The minimum atomic E-state index is -0.0672. The quantitative estimate of drug-likeness (QED) is 0.730. The maximum absolute atomic E-state index is 10.8. The predicted octanol–water partition coefficient (Wildman–Crippen LogP) is 1.17. The van der Waals surface area contributed by atoms with E-state index in [1.54, 1.807) is 6.20 Å². The van der Waals surface area contributed by atoms with Crippen molar-refractivity contribution in [1.82, 2.24) is 4.98 Å². The summed E-state index contributed by atoms with van der Waals surface area (Å²) in [5.74, 6) is 0.821. The molecule has 0 radical (unpaired) electrons. The van der Waals surface area contributed by atoms with E-state index in [1.807, 2.05) is 6.07 Å². The first-order chi connectivity index (χ1) is 6.25. The summed E-state index contributed by atoms with van der Waals surface area (Å²) in [6.07, 6.45) is 5.40. The molecule has 0 aliphatic heterocycles. The molecule has 1 heterocycles. The molecule has 2 rings (SSSR count). The Hall–Kier alpha value is -1.09. The first-order valence-corrected chi connectivity index (χ1v) is 4.70. The topological polar surface area (TPSA) is 58.9 Å². The Bertz CT molecular complexity index is 321. The lowest BCUT2D eigenvalue weighted by Crippen LogP contribution is -2.13. The van der Waals surface area contributed by atoms with Gasteiger partial charge in [0.15, 0.2) is 0 Å². The number of nitrogens with two attached hydrogens (primary N) is 1. The lowest BCUT2D eigenvalue weighted by atomic mass is 10.0. The number of aromatic amines is 1. The zero-order valence-electron chi connectivity index (χ0n) is 7.49. The molecule has 1 aromatic heterocycles. The van der Waals surface area contributed by atoms with Crippen LogP contribution in [0.4, 0.5) is 0 Å². The van der Waals surface area contributed by atoms with Gasteiger partial charge in [0.05, 0.1) is 0 Å². The summed E-state index contributed by atoms with van der Waals surface area (Å²) in [5, 5.41) is 0. The Morgan fingerprint density at radius 2 is 2.31 bits per heavy atom. The van der Waals surface area contributed by atoms with Crippen LogP contribution in [-0.4, -0.2) is 4.98 Å². The van der Waals surface area contributed by atoms with Crippen molar-refractivity contribution >= 4 is 0 Å². The molecular formula is C10H14N2O. The van der Waals surface area contributed by atoms with Crippen LogP contribution in [0.5, 0.6) is 0 Å². The van der Waals surface area contributed by atoms with E-state index < -0.39 is 0 Å². The van der Waals surface area contributed by atoms with E-state index in [0.717, 1.165) is 17.9 Å². The van der Waals surface area contributed by atoms with Crippen LogP contribution in [-0.2, 0) is 0 Å². The second-order valence-electron chi connectivity index (χ2n) is 3.77. The summed E-state index contributed by atoms with van der Waals surface area (Å²) in [4.78, 5) is 13.4. The highest BCUT2D eigenvalue weighted by atomic mass is 16.1. The molecule has 0 amide bonds. The van der Waals surface area contributed by atoms with Gasteiger partial charge in [-0.2, -0.15) is 0 Å². The molecule has 1 aliphatic rings. The molecule has 70 valence electrons. The average Bonchev–Trinajstić information content (AvgIpc) is 2.89. The van der Waals surface area contributed by atoms with Gasteiger partial charge in [0, 0.05) is 18.3 Å². The molecule has 1 saturated carbocycles. The van der Waals surface area contributed by atoms with E-state index in [0.29, 0.717) is 0 Å². The molecule has 1 atom stereocenters. The summed E-state index contributed by atoms with van der Waals surface area (Å²) >= 11 is 0. The molecule has 3 N–H and O–H groups in total. The average molecular weight is 178 g/mol. The maximum atomic E-state index is 10.8. The minimum absolute atomic E-state index is 0.0672. The molecule has 1 aromatic rings. The van der Waals surface area contributed by atoms with Crippen LogP contribution in [0.3, 0.4) is 0 Å². The van der Waals surface area contributed by atoms with Gasteiger partial charge >= 0.3 is 0 Å². The molecule has 13 heavy (non-hydrogen) atoms. The standard InChI is InChI=1S/C10H14N2O/c11-9(5-7-1-2-7)8-3-4-10(13)12-6-8/h3-4,6-7,9H,1-2,5,11H2,(H,12,13). The van der Waals surface area contributed by atoms with Crippen molar-refractivity contribution in [3.8, 4) is 0 Å². The van der Waals surface area contributed by atoms with E-state index in [1.165, 1.54) is 18.9 Å². The number of rotatable bonds is 3. The first-order valence-electron chi connectivity index (χ1n) is 4.70. The van der Waals surface area contributed by atoms with E-state index in [2.05, 4.69) is 4.98 Å². The van der Waals surface area contributed by atoms with E-state index in [-0.39, 0.29) is 11.6 Å². The zero-order chi connectivity index (χ0) is 9.26. The van der Waals surface area contributed by atoms with Crippen molar-refractivity contribution in [2.24, 2.45) is 11.7 Å². The van der Waals surface area contributed by atoms with Gasteiger partial charge in [-0.3, -0.25) is 4.79 Å². The number of H-pyrrole nitrogens is 1. The lowest BCUT2D eigenvalue weighted by molar-refractivity contribution is 0.595. The minimum Gasteiger partial charge on any atom is -0.329 e. The Kier molecular flexibility index (Phi) is 2.19. The fourth-order valence-corrected chi connectivity index (χ4v) is 1.50. The van der Waals surface area contributed by atoms with Crippen molar-refractivity contribution in [3.63, 3.8) is 0 Å². The van der Waals surface area contributed by atoms with Gasteiger partial charge in [-0.25, -0.2) is 0 Å². The predicted molar refractivity (Wildman–Crippen MR) is 51.3 cm³/mol. The third-order valence-electron chi connectivity index (χ3n) is 2.52. The molecule has 0 saturated heterocycles. The smallest absolute Gasteiger partial charge is 0.247 e. The Morgan fingerprint density at radius 1 is 1.54 bits per heavy atom. The van der Waals surface area contributed by atoms with Gasteiger partial charge in [0.2, 0.25) is 5.56 Å². The molecule has 1 fully saturated rings. The van der Waals surface area contributed by atoms with Crippen molar-refractivity contribution in [2.45, 2.75) is 25.3 Å². The van der Waals surface area contributed by atoms with E-state index in [4.69, 9.17) is 5.73 Å². The fourth-order valence-electron chi connectivity index (χ4n) is 1.50. The molecule has 3 nitrogen and oxygen atoms in total. The van der Waals surface area contributed by atoms with Gasteiger partial charge in [-0.1, -0.05) is 18.9 Å². The monoisotopic (exact) mass is 178 g/mol. The van der Waals surface area contributed by atoms with Crippen molar-refractivity contribution < 1.29 is 0 Å². The molecule has 0 bridgehead atoms. The van der Waals surface area contributed by atoms with Crippen LogP contribution in [0.25, 0.3) is 0 Å². The van der Waals surface area contributed by atoms with E-state index in [9.17, 15) is 4.79 Å². The highest BCUT2D eigenvalue weighted by molar-refractivity contribution is 5.13. The second kappa shape index (κ2) is 3.34. The Labute approximate surface area is 77.0 Å². The third-order valence-corrected chi connectivity index (χ3v) is 2.52. The molecule has 0 aromatic carbocycles. The molecule has 1 aliphatic carbocycles. The van der Waals surface area contributed by atoms with Gasteiger partial charge in [-0.05, 0) is 17.9 Å². The van der Waals surface area contributed by atoms with Crippen LogP contribution in [0, 0.1) is 5.92 Å². The maximum Gasteiger partial charge on any atom is 0.247 e. The second-order valence-corrected chi connectivity index (χ2v) is 3.77. The summed E-state index contributed by atoms with van der Waals surface area (Å²) in [7, 11) is 0. The number of hydrogen-bond acceptors (Lipinski definition) is 2. The van der Waals surface area contributed by atoms with Gasteiger partial charge in [0.1, 0.15) is 0 Å². The van der Waals surface area contributed by atoms with Crippen molar-refractivity contribution in [3.05, 3.63) is 34.2 Å². The molecular weight excluding hydrogens is 164 g/mol. The number of hydrogen-bond donors (Lipinski definition) is 2. The summed E-state index contributed by atoms with van der Waals surface area (Å²) in [6.45, 7) is 0. The van der Waals surface area contributed by atoms with Crippen LogP contribution in [0.15, 0.2) is 23.1 Å². The largest absolute Gasteiger partial charge is 0.329 e. The lowest BCUT2D eigenvalue weighted by Gasteiger charge is -2.09. The number of pyridine rings is 1. The summed E-state index contributed by atoms with van der Waals surface area (Å²) in [5.41, 5.74) is 6.93. The highest BCUT2D eigenvalue weighted by Crippen LogP contribution is 2.36. The molecule has 3 heteroatoms. The first kappa shape index (κ1) is 8.51. The van der Waals surface area contributed by atoms with Crippen LogP contribution in [0.2, 0.25) is 0 Å². The fraction of sp³-hybridized carbons (Fsp3) is 0.500. The Balaban J connectivity index is 2.05. The summed E-state index contributed by atoms with van der Waals surface area (Å²) in [6, 6.07) is 3.43. The summed E-state index contributed by atoms with van der Waals surface area (Å²) < 4.78 is 0. The zero-order valence-corrected chi connectivity index (χ0v) is 7.49. The van der Waals surface area contributed by atoms with E-state index >= 15 is 0 Å². The third kappa shape index (κ3) is 2.18. The van der Waals surface area contributed by atoms with Crippen molar-refractivity contribution in [1.29, 1.82) is 0 Å². The molecule has 0 spiro atoms. The van der Waals surface area contributed by atoms with Crippen LogP contribution >= 0.6 is 0 Å². The SMILES string of the molecule is NC(CC1CC1)c1ccc(=O)[nH]c1. The van der Waals surface area contributed by atoms with Gasteiger partial charge < -0.3 is 10.7 Å². The van der Waals surface area contributed by atoms with Crippen LogP contribution in [0.1, 0.15) is 30.9 Å². The highest BCUT2D eigenvalue weighted by Gasteiger charge is 2.24. The van der Waals surface area contributed by atoms with Crippen LogP contribution < -0.4 is 11.3 Å². The van der Waals surface area contributed by atoms with Gasteiger partial charge in [-0.15, -0.1) is 0 Å². The number of aromatic nitrogens is 1. The molecule has 1 unspecified atom stereocenters.